The van der Waals surface area contributed by atoms with Crippen LogP contribution < -0.4 is 5.32 Å². The first-order chi connectivity index (χ1) is 13.0. The molecule has 0 spiro atoms. The highest BCUT2D eigenvalue weighted by Gasteiger charge is 2.13. The maximum Gasteiger partial charge on any atom is 0.257 e. The molecule has 1 amide bonds. The Bertz CT molecular complexity index is 1170. The predicted molar refractivity (Wildman–Crippen MR) is 109 cm³/mol. The number of benzene rings is 3. The van der Waals surface area contributed by atoms with Gasteiger partial charge in [-0.1, -0.05) is 41.4 Å². The number of rotatable bonds is 3. The van der Waals surface area contributed by atoms with Gasteiger partial charge in [-0.25, -0.2) is 4.98 Å². The van der Waals surface area contributed by atoms with Crippen molar-refractivity contribution in [2.75, 3.05) is 5.32 Å². The summed E-state index contributed by atoms with van der Waals surface area (Å²) in [6.07, 6.45) is 0. The van der Waals surface area contributed by atoms with Crippen molar-refractivity contribution in [3.05, 3.63) is 81.8 Å². The lowest BCUT2D eigenvalue weighted by atomic mass is 10.1. The number of nitrogens with one attached hydrogen (secondary N) is 1. The van der Waals surface area contributed by atoms with Crippen LogP contribution in [-0.4, -0.2) is 10.9 Å². The minimum absolute atomic E-state index is 0.283. The summed E-state index contributed by atoms with van der Waals surface area (Å²) in [7, 11) is 0. The lowest BCUT2D eigenvalue weighted by Crippen LogP contribution is -2.12. The normalized spacial score (nSPS) is 10.9. The van der Waals surface area contributed by atoms with E-state index >= 15 is 0 Å². The van der Waals surface area contributed by atoms with Crippen molar-refractivity contribution in [1.29, 1.82) is 0 Å². The number of hydrogen-bond donors (Lipinski definition) is 1. The second kappa shape index (κ2) is 7.06. The largest absolute Gasteiger partial charge is 0.436 e. The van der Waals surface area contributed by atoms with E-state index in [1.54, 1.807) is 42.5 Å². The van der Waals surface area contributed by atoms with Gasteiger partial charge in [0.25, 0.3) is 5.91 Å². The van der Waals surface area contributed by atoms with E-state index in [9.17, 15) is 4.79 Å². The van der Waals surface area contributed by atoms with Gasteiger partial charge in [0.1, 0.15) is 5.52 Å². The van der Waals surface area contributed by atoms with Gasteiger partial charge in [-0.2, -0.15) is 0 Å². The van der Waals surface area contributed by atoms with E-state index in [1.807, 2.05) is 25.1 Å². The van der Waals surface area contributed by atoms with Crippen LogP contribution in [0.2, 0.25) is 10.0 Å². The van der Waals surface area contributed by atoms with E-state index in [-0.39, 0.29) is 5.91 Å². The average molecular weight is 397 g/mol. The Labute approximate surface area is 165 Å². The molecule has 3 aromatic carbocycles. The van der Waals surface area contributed by atoms with Gasteiger partial charge in [0.15, 0.2) is 5.58 Å². The number of nitrogens with zero attached hydrogens (tertiary/aromatic N) is 1. The SMILES string of the molecule is Cc1ccc(-c2nc3cc(NC(=O)c4ccccc4Cl)ccc3o2)cc1Cl. The molecule has 0 saturated heterocycles. The number of oxazole rings is 1. The fourth-order valence-electron chi connectivity index (χ4n) is 2.70. The molecule has 6 heteroatoms. The number of hydrogen-bond acceptors (Lipinski definition) is 3. The van der Waals surface area contributed by atoms with Crippen LogP contribution in [-0.2, 0) is 0 Å². The van der Waals surface area contributed by atoms with E-state index < -0.39 is 0 Å². The predicted octanol–water partition coefficient (Wildman–Crippen LogP) is 6.36. The summed E-state index contributed by atoms with van der Waals surface area (Å²) < 4.78 is 5.81. The number of fused-ring (bicyclic) bond motifs is 1. The van der Waals surface area contributed by atoms with Gasteiger partial charge in [-0.15, -0.1) is 0 Å². The molecule has 0 aliphatic heterocycles. The molecule has 4 aromatic rings. The van der Waals surface area contributed by atoms with Crippen molar-refractivity contribution in [3.8, 4) is 11.5 Å². The summed E-state index contributed by atoms with van der Waals surface area (Å²) in [4.78, 5) is 16.9. The quantitative estimate of drug-likeness (QED) is 0.438. The highest BCUT2D eigenvalue weighted by atomic mass is 35.5. The number of amides is 1. The number of anilines is 1. The van der Waals surface area contributed by atoms with Crippen LogP contribution in [0.25, 0.3) is 22.6 Å². The van der Waals surface area contributed by atoms with Crippen molar-refractivity contribution < 1.29 is 9.21 Å². The maximum absolute atomic E-state index is 12.4. The van der Waals surface area contributed by atoms with Crippen LogP contribution in [0.3, 0.4) is 0 Å². The van der Waals surface area contributed by atoms with E-state index in [4.69, 9.17) is 27.6 Å². The van der Waals surface area contributed by atoms with Crippen LogP contribution in [0.4, 0.5) is 5.69 Å². The maximum atomic E-state index is 12.4. The molecule has 1 aromatic heterocycles. The summed E-state index contributed by atoms with van der Waals surface area (Å²) >= 11 is 12.3. The van der Waals surface area contributed by atoms with Gasteiger partial charge in [0.05, 0.1) is 10.6 Å². The molecule has 0 aliphatic rings. The Balaban J connectivity index is 1.64. The molecular formula is C21H14Cl2N2O2. The van der Waals surface area contributed by atoms with Crippen LogP contribution in [0, 0.1) is 6.92 Å². The standard InChI is InChI=1S/C21H14Cl2N2O2/c1-12-6-7-13(10-17(12)23)21-25-18-11-14(8-9-19(18)27-21)24-20(26)15-4-2-3-5-16(15)22/h2-11H,1H3,(H,24,26). The Morgan fingerprint density at radius 3 is 2.59 bits per heavy atom. The monoisotopic (exact) mass is 396 g/mol. The fraction of sp³-hybridized carbons (Fsp3) is 0.0476. The van der Waals surface area contributed by atoms with E-state index in [0.717, 1.165) is 11.1 Å². The van der Waals surface area contributed by atoms with Crippen LogP contribution in [0.1, 0.15) is 15.9 Å². The smallest absolute Gasteiger partial charge is 0.257 e. The fourth-order valence-corrected chi connectivity index (χ4v) is 3.10. The van der Waals surface area contributed by atoms with Gasteiger partial charge in [-0.05, 0) is 55.0 Å². The second-order valence-corrected chi connectivity index (χ2v) is 6.91. The van der Waals surface area contributed by atoms with E-state index in [0.29, 0.717) is 38.3 Å². The zero-order chi connectivity index (χ0) is 19.0. The molecule has 0 aliphatic carbocycles. The van der Waals surface area contributed by atoms with Crippen LogP contribution in [0.15, 0.2) is 65.1 Å². The van der Waals surface area contributed by atoms with Crippen LogP contribution >= 0.6 is 23.2 Å². The molecule has 0 radical (unpaired) electrons. The van der Waals surface area contributed by atoms with Gasteiger partial charge in [0.2, 0.25) is 5.89 Å². The molecule has 0 bridgehead atoms. The summed E-state index contributed by atoms with van der Waals surface area (Å²) in [6, 6.07) is 17.8. The van der Waals surface area contributed by atoms with Crippen LogP contribution in [0.5, 0.6) is 0 Å². The number of halogens is 2. The van der Waals surface area contributed by atoms with Crippen molar-refractivity contribution in [1.82, 2.24) is 4.98 Å². The summed E-state index contributed by atoms with van der Waals surface area (Å²) in [5, 5.41) is 3.88. The van der Waals surface area contributed by atoms with Gasteiger partial charge >= 0.3 is 0 Å². The number of carbonyl (C=O) groups excluding carboxylic acids is 1. The second-order valence-electron chi connectivity index (χ2n) is 6.10. The molecule has 1 heterocycles. The minimum atomic E-state index is -0.283. The topological polar surface area (TPSA) is 55.1 Å². The average Bonchev–Trinajstić information content (AvgIpc) is 3.07. The molecule has 134 valence electrons. The summed E-state index contributed by atoms with van der Waals surface area (Å²) in [5.74, 6) is 0.190. The zero-order valence-corrected chi connectivity index (χ0v) is 15.8. The van der Waals surface area contributed by atoms with Crippen molar-refractivity contribution in [2.45, 2.75) is 6.92 Å². The van der Waals surface area contributed by atoms with E-state index in [1.165, 1.54) is 0 Å². The first kappa shape index (κ1) is 17.6. The highest BCUT2D eigenvalue weighted by molar-refractivity contribution is 6.34. The Morgan fingerprint density at radius 2 is 1.81 bits per heavy atom. The molecule has 0 saturated carbocycles. The van der Waals surface area contributed by atoms with Gasteiger partial charge in [0, 0.05) is 16.3 Å². The number of aryl methyl sites for hydroxylation is 1. The van der Waals surface area contributed by atoms with Crippen molar-refractivity contribution in [2.24, 2.45) is 0 Å². The van der Waals surface area contributed by atoms with Crippen molar-refractivity contribution in [3.63, 3.8) is 0 Å². The lowest BCUT2D eigenvalue weighted by Gasteiger charge is -2.06. The van der Waals surface area contributed by atoms with Gasteiger partial charge in [-0.3, -0.25) is 4.79 Å². The molecule has 0 atom stereocenters. The Hall–Kier alpha value is -2.82. The van der Waals surface area contributed by atoms with E-state index in [2.05, 4.69) is 10.3 Å². The Morgan fingerprint density at radius 1 is 1.00 bits per heavy atom. The number of carbonyl (C=O) groups is 1. The molecule has 0 unspecified atom stereocenters. The third-order valence-electron chi connectivity index (χ3n) is 4.18. The molecule has 1 N–H and O–H groups in total. The highest BCUT2D eigenvalue weighted by Crippen LogP contribution is 2.29. The minimum Gasteiger partial charge on any atom is -0.436 e. The Kier molecular flexibility index (Phi) is 4.60. The third kappa shape index (κ3) is 3.54. The van der Waals surface area contributed by atoms with Gasteiger partial charge < -0.3 is 9.73 Å². The molecule has 0 fully saturated rings. The molecule has 27 heavy (non-hydrogen) atoms. The first-order valence-corrected chi connectivity index (χ1v) is 9.00. The zero-order valence-electron chi connectivity index (χ0n) is 14.3. The van der Waals surface area contributed by atoms with Crippen molar-refractivity contribution >= 4 is 45.9 Å². The number of aromatic nitrogens is 1. The first-order valence-electron chi connectivity index (χ1n) is 8.24. The summed E-state index contributed by atoms with van der Waals surface area (Å²) in [5.41, 5.74) is 4.06. The summed E-state index contributed by atoms with van der Waals surface area (Å²) in [6.45, 7) is 1.94. The third-order valence-corrected chi connectivity index (χ3v) is 4.92. The molecule has 4 rings (SSSR count). The molecular weight excluding hydrogens is 383 g/mol. The molecule has 4 nitrogen and oxygen atoms in total. The lowest BCUT2D eigenvalue weighted by molar-refractivity contribution is 0.102.